The smallest absolute Gasteiger partial charge is 0.227 e. The van der Waals surface area contributed by atoms with Crippen LogP contribution in [0.4, 0.5) is 0 Å². The largest absolute Gasteiger partial charge is 0.359 e. The standard InChI is InChI=1S/C14H27N3O2/c1-14(2,13(19)16-3)9-17-12(18)11-6-4-5-10(7-11)8-15/h10-11H,4-9,15H2,1-3H3,(H,16,19)(H,17,18). The van der Waals surface area contributed by atoms with E-state index in [0.717, 1.165) is 25.7 Å². The molecule has 1 saturated carbocycles. The summed E-state index contributed by atoms with van der Waals surface area (Å²) in [6.45, 7) is 4.69. The molecule has 0 heterocycles. The van der Waals surface area contributed by atoms with Gasteiger partial charge in [-0.05, 0) is 45.6 Å². The van der Waals surface area contributed by atoms with Crippen LogP contribution in [0.1, 0.15) is 39.5 Å². The molecule has 5 heteroatoms. The minimum absolute atomic E-state index is 0.0581. The molecule has 0 saturated heterocycles. The summed E-state index contributed by atoms with van der Waals surface area (Å²) in [5.41, 5.74) is 5.10. The average Bonchev–Trinajstić information content (AvgIpc) is 2.43. The van der Waals surface area contributed by atoms with Crippen LogP contribution in [-0.4, -0.2) is 32.0 Å². The zero-order valence-electron chi connectivity index (χ0n) is 12.3. The number of rotatable bonds is 5. The number of amides is 2. The summed E-state index contributed by atoms with van der Waals surface area (Å²) in [6, 6.07) is 0. The predicted octanol–water partition coefficient (Wildman–Crippen LogP) is 0.640. The Bertz CT molecular complexity index is 329. The molecule has 110 valence electrons. The van der Waals surface area contributed by atoms with Crippen molar-refractivity contribution in [1.82, 2.24) is 10.6 Å². The SMILES string of the molecule is CNC(=O)C(C)(C)CNC(=O)C1CCCC(CN)C1. The lowest BCUT2D eigenvalue weighted by molar-refractivity contribution is -0.130. The molecule has 19 heavy (non-hydrogen) atoms. The van der Waals surface area contributed by atoms with E-state index < -0.39 is 5.41 Å². The molecule has 0 aromatic carbocycles. The highest BCUT2D eigenvalue weighted by Gasteiger charge is 2.30. The highest BCUT2D eigenvalue weighted by Crippen LogP contribution is 2.28. The summed E-state index contributed by atoms with van der Waals surface area (Å²) in [5, 5.41) is 5.53. The van der Waals surface area contributed by atoms with E-state index in [1.54, 1.807) is 7.05 Å². The lowest BCUT2D eigenvalue weighted by atomic mass is 9.81. The number of hydrogen-bond donors (Lipinski definition) is 3. The molecule has 0 radical (unpaired) electrons. The molecule has 1 aliphatic carbocycles. The van der Waals surface area contributed by atoms with Gasteiger partial charge in [0.15, 0.2) is 0 Å². The molecule has 1 rings (SSSR count). The van der Waals surface area contributed by atoms with Crippen LogP contribution in [0.3, 0.4) is 0 Å². The van der Waals surface area contributed by atoms with Gasteiger partial charge in [0.2, 0.25) is 11.8 Å². The van der Waals surface area contributed by atoms with Gasteiger partial charge in [-0.1, -0.05) is 6.42 Å². The molecule has 1 aliphatic rings. The normalized spacial score (nSPS) is 23.8. The molecule has 2 unspecified atom stereocenters. The maximum atomic E-state index is 12.1. The van der Waals surface area contributed by atoms with Gasteiger partial charge in [0, 0.05) is 19.5 Å². The lowest BCUT2D eigenvalue weighted by Gasteiger charge is -2.29. The van der Waals surface area contributed by atoms with E-state index in [2.05, 4.69) is 10.6 Å². The van der Waals surface area contributed by atoms with Crippen molar-refractivity contribution in [3.8, 4) is 0 Å². The van der Waals surface area contributed by atoms with Gasteiger partial charge in [-0.15, -0.1) is 0 Å². The fraction of sp³-hybridized carbons (Fsp3) is 0.857. The first-order chi connectivity index (χ1) is 8.90. The molecule has 2 amide bonds. The molecule has 1 fully saturated rings. The van der Waals surface area contributed by atoms with Crippen molar-refractivity contribution < 1.29 is 9.59 Å². The Hall–Kier alpha value is -1.10. The monoisotopic (exact) mass is 269 g/mol. The number of nitrogens with two attached hydrogens (primary N) is 1. The molecular weight excluding hydrogens is 242 g/mol. The van der Waals surface area contributed by atoms with Crippen molar-refractivity contribution >= 4 is 11.8 Å². The molecule has 5 nitrogen and oxygen atoms in total. The molecule has 0 aromatic rings. The average molecular weight is 269 g/mol. The molecule has 2 atom stereocenters. The second-order valence-corrected chi connectivity index (χ2v) is 6.15. The molecule has 0 aliphatic heterocycles. The van der Waals surface area contributed by atoms with Gasteiger partial charge in [-0.3, -0.25) is 9.59 Å². The van der Waals surface area contributed by atoms with E-state index in [9.17, 15) is 9.59 Å². The van der Waals surface area contributed by atoms with Crippen LogP contribution in [0.5, 0.6) is 0 Å². The Balaban J connectivity index is 2.44. The highest BCUT2D eigenvalue weighted by atomic mass is 16.2. The van der Waals surface area contributed by atoms with Crippen LogP contribution in [0.15, 0.2) is 0 Å². The summed E-state index contributed by atoms with van der Waals surface area (Å²) < 4.78 is 0. The second-order valence-electron chi connectivity index (χ2n) is 6.15. The quantitative estimate of drug-likeness (QED) is 0.685. The van der Waals surface area contributed by atoms with Crippen molar-refractivity contribution in [1.29, 1.82) is 0 Å². The van der Waals surface area contributed by atoms with Crippen LogP contribution >= 0.6 is 0 Å². The first-order valence-electron chi connectivity index (χ1n) is 7.10. The topological polar surface area (TPSA) is 84.2 Å². The Morgan fingerprint density at radius 3 is 2.58 bits per heavy atom. The minimum Gasteiger partial charge on any atom is -0.359 e. The van der Waals surface area contributed by atoms with Crippen LogP contribution in [0.25, 0.3) is 0 Å². The van der Waals surface area contributed by atoms with Gasteiger partial charge in [0.05, 0.1) is 5.41 Å². The third-order valence-electron chi connectivity index (χ3n) is 4.03. The molecule has 4 N–H and O–H groups in total. The van der Waals surface area contributed by atoms with E-state index in [-0.39, 0.29) is 17.7 Å². The lowest BCUT2D eigenvalue weighted by Crippen LogP contribution is -2.45. The van der Waals surface area contributed by atoms with E-state index in [0.29, 0.717) is 19.0 Å². The van der Waals surface area contributed by atoms with Crippen molar-refractivity contribution in [3.05, 3.63) is 0 Å². The van der Waals surface area contributed by atoms with Crippen molar-refractivity contribution in [3.63, 3.8) is 0 Å². The Morgan fingerprint density at radius 2 is 2.00 bits per heavy atom. The fourth-order valence-electron chi connectivity index (χ4n) is 2.61. The van der Waals surface area contributed by atoms with E-state index in [4.69, 9.17) is 5.73 Å². The van der Waals surface area contributed by atoms with Gasteiger partial charge < -0.3 is 16.4 Å². The summed E-state index contributed by atoms with van der Waals surface area (Å²) in [7, 11) is 1.61. The zero-order chi connectivity index (χ0) is 14.5. The highest BCUT2D eigenvalue weighted by molar-refractivity contribution is 5.83. The fourth-order valence-corrected chi connectivity index (χ4v) is 2.61. The van der Waals surface area contributed by atoms with E-state index in [1.807, 2.05) is 13.8 Å². The Morgan fingerprint density at radius 1 is 1.32 bits per heavy atom. The van der Waals surface area contributed by atoms with Gasteiger partial charge in [0.1, 0.15) is 0 Å². The number of hydrogen-bond acceptors (Lipinski definition) is 3. The maximum absolute atomic E-state index is 12.1. The minimum atomic E-state index is -0.577. The number of carbonyl (C=O) groups is 2. The van der Waals surface area contributed by atoms with Crippen LogP contribution in [0.2, 0.25) is 0 Å². The summed E-state index contributed by atoms with van der Waals surface area (Å²) in [6.07, 6.45) is 4.01. The predicted molar refractivity (Wildman–Crippen MR) is 75.4 cm³/mol. The van der Waals surface area contributed by atoms with Crippen molar-refractivity contribution in [2.24, 2.45) is 23.0 Å². The molecular formula is C14H27N3O2. The number of carbonyl (C=O) groups excluding carboxylic acids is 2. The molecule has 0 aromatic heterocycles. The molecule has 0 spiro atoms. The zero-order valence-corrected chi connectivity index (χ0v) is 12.3. The van der Waals surface area contributed by atoms with Crippen LogP contribution in [-0.2, 0) is 9.59 Å². The van der Waals surface area contributed by atoms with Crippen LogP contribution < -0.4 is 16.4 Å². The Kier molecular flexibility index (Phi) is 5.79. The van der Waals surface area contributed by atoms with Gasteiger partial charge in [-0.2, -0.15) is 0 Å². The maximum Gasteiger partial charge on any atom is 0.227 e. The second kappa shape index (κ2) is 6.89. The summed E-state index contributed by atoms with van der Waals surface area (Å²) in [5.74, 6) is 0.533. The first kappa shape index (κ1) is 16.0. The van der Waals surface area contributed by atoms with E-state index >= 15 is 0 Å². The van der Waals surface area contributed by atoms with Crippen LogP contribution in [0, 0.1) is 17.3 Å². The summed E-state index contributed by atoms with van der Waals surface area (Å²) in [4.78, 5) is 23.8. The van der Waals surface area contributed by atoms with Gasteiger partial charge in [-0.25, -0.2) is 0 Å². The summed E-state index contributed by atoms with van der Waals surface area (Å²) >= 11 is 0. The van der Waals surface area contributed by atoms with Crippen molar-refractivity contribution in [2.75, 3.05) is 20.1 Å². The first-order valence-corrected chi connectivity index (χ1v) is 7.10. The van der Waals surface area contributed by atoms with Gasteiger partial charge in [0.25, 0.3) is 0 Å². The molecule has 0 bridgehead atoms. The third-order valence-corrected chi connectivity index (χ3v) is 4.03. The third kappa shape index (κ3) is 4.49. The van der Waals surface area contributed by atoms with Gasteiger partial charge >= 0.3 is 0 Å². The van der Waals surface area contributed by atoms with E-state index in [1.165, 1.54) is 0 Å². The number of nitrogens with one attached hydrogen (secondary N) is 2. The Labute approximate surface area is 115 Å². The van der Waals surface area contributed by atoms with Crippen molar-refractivity contribution in [2.45, 2.75) is 39.5 Å².